The van der Waals surface area contributed by atoms with Gasteiger partial charge in [-0.1, -0.05) is 32.6 Å². The Hall–Kier alpha value is 0. The van der Waals surface area contributed by atoms with Crippen LogP contribution in [0.1, 0.15) is 64.7 Å². The summed E-state index contributed by atoms with van der Waals surface area (Å²) in [6, 6.07) is 0. The van der Waals surface area contributed by atoms with Gasteiger partial charge >= 0.3 is 0 Å². The quantitative estimate of drug-likeness (QED) is 0.604. The first-order chi connectivity index (χ1) is 8.31. The summed E-state index contributed by atoms with van der Waals surface area (Å²) >= 11 is 0. The van der Waals surface area contributed by atoms with Crippen LogP contribution in [0, 0.1) is 41.4 Å². The molecule has 0 aromatic rings. The van der Waals surface area contributed by atoms with Gasteiger partial charge in [0.1, 0.15) is 0 Å². The average molecular weight is 232 g/mol. The molecule has 0 nitrogen and oxygen atoms in total. The van der Waals surface area contributed by atoms with E-state index in [0.717, 1.165) is 41.4 Å². The molecular formula is C17H28. The van der Waals surface area contributed by atoms with Crippen LogP contribution in [0.5, 0.6) is 0 Å². The smallest absolute Gasteiger partial charge is 0.0354 e. The normalized spacial score (nSPS) is 57.4. The van der Waals surface area contributed by atoms with Crippen LogP contribution >= 0.6 is 0 Å². The molecule has 0 saturated heterocycles. The zero-order valence-electron chi connectivity index (χ0n) is 11.4. The van der Waals surface area contributed by atoms with E-state index in [0.29, 0.717) is 0 Å². The predicted octanol–water partition coefficient (Wildman–Crippen LogP) is 4.89. The maximum atomic E-state index is 2.61. The molecule has 6 unspecified atom stereocenters. The van der Waals surface area contributed by atoms with Gasteiger partial charge in [-0.2, -0.15) is 0 Å². The number of fused-ring (bicyclic) bond motifs is 3. The average Bonchev–Trinajstić information content (AvgIpc) is 2.97. The maximum absolute atomic E-state index is 2.61. The van der Waals surface area contributed by atoms with Crippen molar-refractivity contribution in [2.75, 3.05) is 0 Å². The fourth-order valence-electron chi connectivity index (χ4n) is 6.46. The third-order valence-corrected chi connectivity index (χ3v) is 7.17. The highest BCUT2D eigenvalue weighted by atomic mass is 14.5. The van der Waals surface area contributed by atoms with Crippen LogP contribution in [0.4, 0.5) is 0 Å². The third kappa shape index (κ3) is 1.70. The second-order valence-corrected chi connectivity index (χ2v) is 7.89. The Morgan fingerprint density at radius 3 is 2.12 bits per heavy atom. The minimum absolute atomic E-state index is 1.07. The molecule has 0 heteroatoms. The van der Waals surface area contributed by atoms with Crippen LogP contribution in [0.25, 0.3) is 0 Å². The van der Waals surface area contributed by atoms with Crippen molar-refractivity contribution in [1.82, 2.24) is 0 Å². The van der Waals surface area contributed by atoms with E-state index in [4.69, 9.17) is 0 Å². The summed E-state index contributed by atoms with van der Waals surface area (Å²) in [5, 5.41) is 0. The molecule has 0 spiro atoms. The van der Waals surface area contributed by atoms with Gasteiger partial charge in [-0.25, -0.2) is 0 Å². The van der Waals surface area contributed by atoms with E-state index in [-0.39, 0.29) is 0 Å². The van der Waals surface area contributed by atoms with E-state index in [1.807, 2.05) is 0 Å². The maximum Gasteiger partial charge on any atom is -0.0354 e. The topological polar surface area (TPSA) is 0 Å². The van der Waals surface area contributed by atoms with E-state index >= 15 is 0 Å². The number of hydrogen-bond donors (Lipinski definition) is 0. The summed E-state index contributed by atoms with van der Waals surface area (Å²) in [5.74, 6) is 7.92. The van der Waals surface area contributed by atoms with Crippen molar-refractivity contribution in [1.29, 1.82) is 0 Å². The molecule has 4 aliphatic carbocycles. The lowest BCUT2D eigenvalue weighted by molar-refractivity contribution is 0.150. The van der Waals surface area contributed by atoms with Gasteiger partial charge in [0.2, 0.25) is 0 Å². The summed E-state index contributed by atoms with van der Waals surface area (Å²) in [7, 11) is 0. The number of hydrogen-bond acceptors (Lipinski definition) is 0. The molecule has 2 bridgehead atoms. The summed E-state index contributed by atoms with van der Waals surface area (Å²) in [6.07, 6.45) is 14.3. The molecule has 0 aromatic heterocycles. The standard InChI is InChI=1S/C17H28/c1-11-16-4-2-3-14(16)10-17(11)15-8-12-5-6-13(7-12)9-15/h11-17H,2-10H2,1H3. The molecule has 0 aromatic carbocycles. The van der Waals surface area contributed by atoms with Crippen molar-refractivity contribution in [3.05, 3.63) is 0 Å². The van der Waals surface area contributed by atoms with Crippen LogP contribution in [0.15, 0.2) is 0 Å². The van der Waals surface area contributed by atoms with Crippen LogP contribution in [0.3, 0.4) is 0 Å². The first kappa shape index (κ1) is 10.9. The van der Waals surface area contributed by atoms with Gasteiger partial charge in [0, 0.05) is 0 Å². The van der Waals surface area contributed by atoms with Crippen molar-refractivity contribution < 1.29 is 0 Å². The lowest BCUT2D eigenvalue weighted by Crippen LogP contribution is -2.26. The minimum Gasteiger partial charge on any atom is -0.0620 e. The van der Waals surface area contributed by atoms with Gasteiger partial charge in [-0.15, -0.1) is 0 Å². The SMILES string of the molecule is CC1C2CCCC2CC1C1CC2CCC(C2)C1. The first-order valence-electron chi connectivity index (χ1n) is 8.31. The highest BCUT2D eigenvalue weighted by Gasteiger charge is 2.47. The summed E-state index contributed by atoms with van der Waals surface area (Å²) in [6.45, 7) is 2.61. The van der Waals surface area contributed by atoms with Gasteiger partial charge in [0.05, 0.1) is 0 Å². The molecule has 4 rings (SSSR count). The van der Waals surface area contributed by atoms with Crippen LogP contribution in [-0.2, 0) is 0 Å². The zero-order chi connectivity index (χ0) is 11.4. The second kappa shape index (κ2) is 4.00. The largest absolute Gasteiger partial charge is 0.0620 e. The monoisotopic (exact) mass is 232 g/mol. The lowest BCUT2D eigenvalue weighted by Gasteiger charge is -2.35. The van der Waals surface area contributed by atoms with Gasteiger partial charge in [-0.3, -0.25) is 0 Å². The van der Waals surface area contributed by atoms with Crippen molar-refractivity contribution in [3.8, 4) is 0 Å². The van der Waals surface area contributed by atoms with Crippen LogP contribution < -0.4 is 0 Å². The molecule has 0 heterocycles. The zero-order valence-corrected chi connectivity index (χ0v) is 11.4. The Balaban J connectivity index is 1.49. The summed E-state index contributed by atoms with van der Waals surface area (Å²) in [5.41, 5.74) is 0. The van der Waals surface area contributed by atoms with Gasteiger partial charge in [0.25, 0.3) is 0 Å². The van der Waals surface area contributed by atoms with Crippen molar-refractivity contribution >= 4 is 0 Å². The summed E-state index contributed by atoms with van der Waals surface area (Å²) < 4.78 is 0. The fourth-order valence-corrected chi connectivity index (χ4v) is 6.46. The predicted molar refractivity (Wildman–Crippen MR) is 71.7 cm³/mol. The van der Waals surface area contributed by atoms with Crippen molar-refractivity contribution in [2.45, 2.75) is 64.7 Å². The Morgan fingerprint density at radius 2 is 1.41 bits per heavy atom. The first-order valence-corrected chi connectivity index (χ1v) is 8.31. The van der Waals surface area contributed by atoms with Gasteiger partial charge < -0.3 is 0 Å². The molecule has 17 heavy (non-hydrogen) atoms. The Kier molecular flexibility index (Phi) is 2.56. The lowest BCUT2D eigenvalue weighted by atomic mass is 9.70. The number of rotatable bonds is 1. The Labute approximate surface area is 107 Å². The molecular weight excluding hydrogens is 204 g/mol. The highest BCUT2D eigenvalue weighted by Crippen LogP contribution is 2.57. The molecule has 4 saturated carbocycles. The fraction of sp³-hybridized carbons (Fsp3) is 1.00. The minimum atomic E-state index is 1.07. The second-order valence-electron chi connectivity index (χ2n) is 7.89. The highest BCUT2D eigenvalue weighted by molar-refractivity contribution is 4.97. The molecule has 0 N–H and O–H groups in total. The molecule has 96 valence electrons. The van der Waals surface area contributed by atoms with Crippen molar-refractivity contribution in [3.63, 3.8) is 0 Å². The van der Waals surface area contributed by atoms with Gasteiger partial charge in [0.15, 0.2) is 0 Å². The van der Waals surface area contributed by atoms with Crippen molar-refractivity contribution in [2.24, 2.45) is 41.4 Å². The third-order valence-electron chi connectivity index (χ3n) is 7.17. The van der Waals surface area contributed by atoms with Crippen LogP contribution in [-0.4, -0.2) is 0 Å². The molecule has 0 aliphatic heterocycles. The molecule has 0 amide bonds. The molecule has 6 atom stereocenters. The summed E-state index contributed by atoms with van der Waals surface area (Å²) in [4.78, 5) is 0. The Morgan fingerprint density at radius 1 is 0.647 bits per heavy atom. The molecule has 0 radical (unpaired) electrons. The Bertz CT molecular complexity index is 282. The van der Waals surface area contributed by atoms with E-state index in [9.17, 15) is 0 Å². The van der Waals surface area contributed by atoms with E-state index in [1.54, 1.807) is 57.8 Å². The van der Waals surface area contributed by atoms with Crippen LogP contribution in [0.2, 0.25) is 0 Å². The molecule has 4 aliphatic rings. The molecule has 4 fully saturated rings. The van der Waals surface area contributed by atoms with E-state index < -0.39 is 0 Å². The van der Waals surface area contributed by atoms with E-state index in [2.05, 4.69) is 6.92 Å². The van der Waals surface area contributed by atoms with Gasteiger partial charge in [-0.05, 0) is 73.5 Å². The van der Waals surface area contributed by atoms with E-state index in [1.165, 1.54) is 0 Å².